The van der Waals surface area contributed by atoms with Gasteiger partial charge in [0.15, 0.2) is 43.1 Å². The number of rotatable bonds is 24. The lowest BCUT2D eigenvalue weighted by Crippen LogP contribution is -2.68. The zero-order valence-electron chi connectivity index (χ0n) is 45.2. The third-order valence-electron chi connectivity index (χ3n) is 13.0. The quantitative estimate of drug-likeness (QED) is 0.0322. The molecule has 0 N–H and O–H groups in total. The van der Waals surface area contributed by atoms with Gasteiger partial charge in [0.2, 0.25) is 0 Å². The second-order valence-corrected chi connectivity index (χ2v) is 18.9. The highest BCUT2D eigenvalue weighted by molar-refractivity contribution is 5.73. The van der Waals surface area contributed by atoms with Gasteiger partial charge in [-0.3, -0.25) is 19.2 Å². The summed E-state index contributed by atoms with van der Waals surface area (Å²) in [6.45, 7) is 8.05. The van der Waals surface area contributed by atoms with E-state index in [0.29, 0.717) is 0 Å². The lowest BCUT2D eigenvalue weighted by Gasteiger charge is -2.51. The highest BCUT2D eigenvalue weighted by Gasteiger charge is 2.58. The van der Waals surface area contributed by atoms with Crippen LogP contribution in [0.1, 0.15) is 63.8 Å². The summed E-state index contributed by atoms with van der Waals surface area (Å²) in [7, 11) is 2.86. The number of methoxy groups -OCH3 is 2. The van der Waals surface area contributed by atoms with Crippen LogP contribution in [0.2, 0.25) is 0 Å². The van der Waals surface area contributed by atoms with Crippen LogP contribution in [0.25, 0.3) is 0 Å². The number of carbonyl (C=O) groups excluding carboxylic acids is 4. The molecule has 0 unspecified atom stereocenters. The van der Waals surface area contributed by atoms with Crippen LogP contribution in [0.15, 0.2) is 126 Å². The van der Waals surface area contributed by atoms with E-state index in [1.165, 1.54) is 21.1 Å². The van der Waals surface area contributed by atoms with E-state index >= 15 is 0 Å². The summed E-state index contributed by atoms with van der Waals surface area (Å²) < 4.78 is 96.1. The summed E-state index contributed by atoms with van der Waals surface area (Å²) in [5, 5.41) is 0. The first kappa shape index (κ1) is 59.5. The number of ether oxygens (including phenoxy) is 15. The van der Waals surface area contributed by atoms with Gasteiger partial charge in [-0.05, 0) is 29.2 Å². The molecule has 3 heterocycles. The largest absolute Gasteiger partial charge is 0.484 e. The molecule has 15 atom stereocenters. The van der Waals surface area contributed by atoms with Crippen molar-refractivity contribution in [3.8, 4) is 0 Å². The third-order valence-corrected chi connectivity index (χ3v) is 13.0. The summed E-state index contributed by atoms with van der Waals surface area (Å²) in [5.41, 5.74) is 3.55. The predicted octanol–water partition coefficient (Wildman–Crippen LogP) is 6.36. The van der Waals surface area contributed by atoms with Crippen molar-refractivity contribution >= 4 is 29.8 Å². The Balaban J connectivity index is 1.36. The van der Waals surface area contributed by atoms with E-state index in [4.69, 9.17) is 76.0 Å². The van der Waals surface area contributed by atoms with Gasteiger partial charge in [0.1, 0.15) is 55.4 Å². The molecule has 3 saturated heterocycles. The number of esters is 4. The molecule has 20 heteroatoms. The SMILES string of the molecule is COC(C)=N[C@H]1[C@H](OC)O[C@H](COCc2ccccc2)[C@@H](O[C@@H]2O[C@@H](C)[C@H](OCc3ccccc3)[C@@H](OCc3ccccc3)[C@H]2OCc2ccccc2)[C@@H]1O[C@@H]1O[C@H](COC(C)=O)[C@H](OC(C)=O)[C@H](OC(C)=O)[C@H]1OC(C)=O. The van der Waals surface area contributed by atoms with Crippen LogP contribution >= 0.6 is 0 Å². The smallest absolute Gasteiger partial charge is 0.303 e. The van der Waals surface area contributed by atoms with Gasteiger partial charge in [-0.2, -0.15) is 0 Å². The molecule has 0 saturated carbocycles. The van der Waals surface area contributed by atoms with Gasteiger partial charge in [0.05, 0.1) is 46.2 Å². The molecular formula is C58H71NO19. The molecule has 0 aromatic heterocycles. The molecule has 3 aliphatic heterocycles. The number of hydrogen-bond donors (Lipinski definition) is 0. The van der Waals surface area contributed by atoms with Crippen LogP contribution in [0, 0.1) is 0 Å². The Bertz CT molecular complexity index is 2510. The zero-order valence-corrected chi connectivity index (χ0v) is 45.2. The van der Waals surface area contributed by atoms with Gasteiger partial charge >= 0.3 is 23.9 Å². The molecule has 422 valence electrons. The predicted molar refractivity (Wildman–Crippen MR) is 277 cm³/mol. The van der Waals surface area contributed by atoms with Crippen molar-refractivity contribution in [1.29, 1.82) is 0 Å². The average molecular weight is 1090 g/mol. The number of nitrogens with zero attached hydrogens (tertiary/aromatic N) is 1. The van der Waals surface area contributed by atoms with Crippen LogP contribution in [0.4, 0.5) is 0 Å². The second-order valence-electron chi connectivity index (χ2n) is 18.9. The van der Waals surface area contributed by atoms with E-state index in [0.717, 1.165) is 43.0 Å². The lowest BCUT2D eigenvalue weighted by atomic mass is 9.94. The number of hydrogen-bond acceptors (Lipinski definition) is 20. The van der Waals surface area contributed by atoms with E-state index in [-0.39, 0.29) is 38.9 Å². The van der Waals surface area contributed by atoms with Gasteiger partial charge in [-0.25, -0.2) is 4.99 Å². The Morgan fingerprint density at radius 2 is 0.885 bits per heavy atom. The van der Waals surface area contributed by atoms with Gasteiger partial charge in [0, 0.05) is 41.7 Å². The van der Waals surface area contributed by atoms with Crippen molar-refractivity contribution in [2.45, 2.75) is 160 Å². The minimum atomic E-state index is -1.71. The molecule has 78 heavy (non-hydrogen) atoms. The van der Waals surface area contributed by atoms with Crippen molar-refractivity contribution < 1.29 is 90.2 Å². The molecule has 0 aliphatic carbocycles. The first-order valence-corrected chi connectivity index (χ1v) is 25.8. The van der Waals surface area contributed by atoms with E-state index < -0.39 is 123 Å². The van der Waals surface area contributed by atoms with Crippen molar-refractivity contribution in [2.75, 3.05) is 27.4 Å². The fourth-order valence-electron chi connectivity index (χ4n) is 9.39. The number of benzene rings is 4. The van der Waals surface area contributed by atoms with Crippen molar-refractivity contribution in [1.82, 2.24) is 0 Å². The molecule has 20 nitrogen and oxygen atoms in total. The Labute approximate surface area is 454 Å². The average Bonchev–Trinajstić information content (AvgIpc) is 3.50. The third kappa shape index (κ3) is 16.9. The first-order valence-electron chi connectivity index (χ1n) is 25.8. The molecule has 0 spiro atoms. The van der Waals surface area contributed by atoms with E-state index in [2.05, 4.69) is 0 Å². The van der Waals surface area contributed by atoms with Crippen molar-refractivity contribution in [2.24, 2.45) is 4.99 Å². The fraction of sp³-hybridized carbons (Fsp3) is 0.500. The molecule has 4 aromatic carbocycles. The Hall–Kier alpha value is -6.17. The molecule has 4 aromatic rings. The van der Waals surface area contributed by atoms with E-state index in [9.17, 15) is 19.2 Å². The molecule has 0 radical (unpaired) electrons. The van der Waals surface area contributed by atoms with Crippen LogP contribution < -0.4 is 0 Å². The Morgan fingerprint density at radius 1 is 0.449 bits per heavy atom. The Kier molecular flexibility index (Phi) is 22.7. The first-order chi connectivity index (χ1) is 37.7. The summed E-state index contributed by atoms with van der Waals surface area (Å²) in [4.78, 5) is 55.9. The van der Waals surface area contributed by atoms with Gasteiger partial charge in [0.25, 0.3) is 0 Å². The number of aliphatic imine (C=N–C) groups is 1. The fourth-order valence-corrected chi connectivity index (χ4v) is 9.39. The summed E-state index contributed by atoms with van der Waals surface area (Å²) in [6.07, 6.45) is -17.3. The molecule has 3 aliphatic rings. The maximum atomic E-state index is 13.1. The molecule has 7 rings (SSSR count). The second kappa shape index (κ2) is 29.7. The highest BCUT2D eigenvalue weighted by atomic mass is 16.8. The van der Waals surface area contributed by atoms with Crippen LogP contribution in [0.5, 0.6) is 0 Å². The molecule has 3 fully saturated rings. The maximum absolute atomic E-state index is 13.1. The summed E-state index contributed by atoms with van der Waals surface area (Å²) in [6, 6.07) is 37.4. The van der Waals surface area contributed by atoms with Crippen LogP contribution in [-0.2, 0) is 117 Å². The summed E-state index contributed by atoms with van der Waals surface area (Å²) in [5.74, 6) is -2.99. The normalized spacial score (nSPS) is 29.2. The molecule has 0 bridgehead atoms. The van der Waals surface area contributed by atoms with Crippen molar-refractivity contribution in [3.05, 3.63) is 144 Å². The minimum absolute atomic E-state index is 0.0981. The minimum Gasteiger partial charge on any atom is -0.484 e. The standard InChI is InChI=1S/C58H71NO19/c1-35-48(68-30-42-23-15-10-16-24-42)52(69-31-43-25-17-11-18-26-43)54(70-32-44-27-19-12-20-28-44)57(71-35)77-49-45(33-66-29-41-21-13-9-14-22-41)75-56(65-8)47(59-36(2)64-7)51(49)78-58-55(74-40(6)63)53(73-39(5)62)50(72-38(4)61)46(76-58)34-67-37(3)60/h9-28,35,45-58H,29-34H2,1-8H3/t35-,45+,46+,47+,48-,49+,50-,51+,52+,53-,54+,55+,56+,57-,58-/m0/s1. The molecular weight excluding hydrogens is 1010 g/mol. The number of carbonyl (C=O) groups is 4. The Morgan fingerprint density at radius 3 is 1.38 bits per heavy atom. The van der Waals surface area contributed by atoms with Crippen molar-refractivity contribution in [3.63, 3.8) is 0 Å². The van der Waals surface area contributed by atoms with Crippen LogP contribution in [0.3, 0.4) is 0 Å². The lowest BCUT2D eigenvalue weighted by molar-refractivity contribution is -0.377. The van der Waals surface area contributed by atoms with E-state index in [1.54, 1.807) is 6.92 Å². The maximum Gasteiger partial charge on any atom is 0.303 e. The van der Waals surface area contributed by atoms with Gasteiger partial charge in [-0.1, -0.05) is 121 Å². The molecule has 0 amide bonds. The zero-order chi connectivity index (χ0) is 55.6. The monoisotopic (exact) mass is 1090 g/mol. The summed E-state index contributed by atoms with van der Waals surface area (Å²) >= 11 is 0. The topological polar surface area (TPSA) is 219 Å². The van der Waals surface area contributed by atoms with Crippen LogP contribution in [-0.4, -0.2) is 149 Å². The van der Waals surface area contributed by atoms with E-state index in [1.807, 2.05) is 128 Å². The highest BCUT2D eigenvalue weighted by Crippen LogP contribution is 2.39. The van der Waals surface area contributed by atoms with Gasteiger partial charge in [-0.15, -0.1) is 0 Å². The van der Waals surface area contributed by atoms with Gasteiger partial charge < -0.3 is 71.1 Å².